The molecule has 6 rings (SSSR count). The predicted molar refractivity (Wildman–Crippen MR) is 157 cm³/mol. The molecule has 1 N–H and O–H groups in total. The third kappa shape index (κ3) is 6.36. The molecule has 0 spiro atoms. The molecule has 2 aromatic carbocycles. The summed E-state index contributed by atoms with van der Waals surface area (Å²) in [6, 6.07) is 16.0. The summed E-state index contributed by atoms with van der Waals surface area (Å²) in [6.45, 7) is 2.01. The molecule has 0 bridgehead atoms. The molecular formula is C32H34FN5O6. The molecule has 3 amide bonds. The van der Waals surface area contributed by atoms with E-state index in [0.717, 1.165) is 11.3 Å². The Morgan fingerprint density at radius 1 is 1.05 bits per heavy atom. The number of carbonyl (C=O) groups is 3. The Morgan fingerprint density at radius 3 is 2.66 bits per heavy atom. The number of pyridine rings is 1. The van der Waals surface area contributed by atoms with Gasteiger partial charge in [0, 0.05) is 45.5 Å². The van der Waals surface area contributed by atoms with Crippen molar-refractivity contribution in [1.29, 1.82) is 0 Å². The van der Waals surface area contributed by atoms with Gasteiger partial charge in [-0.25, -0.2) is 9.37 Å². The number of ether oxygens (including phenoxy) is 3. The summed E-state index contributed by atoms with van der Waals surface area (Å²) in [4.78, 5) is 49.8. The Kier molecular flexibility index (Phi) is 8.71. The van der Waals surface area contributed by atoms with Crippen molar-refractivity contribution in [3.63, 3.8) is 0 Å². The molecule has 12 heteroatoms. The molecule has 11 nitrogen and oxygen atoms in total. The van der Waals surface area contributed by atoms with Gasteiger partial charge in [0.1, 0.15) is 30.3 Å². The smallest absolute Gasteiger partial charge is 0.257 e. The lowest BCUT2D eigenvalue weighted by molar-refractivity contribution is -0.143. The van der Waals surface area contributed by atoms with Gasteiger partial charge in [0.15, 0.2) is 0 Å². The van der Waals surface area contributed by atoms with Crippen LogP contribution >= 0.6 is 0 Å². The number of carbonyl (C=O) groups excluding carboxylic acids is 3. The number of nitrogens with zero attached hydrogens (tertiary/aromatic N) is 4. The highest BCUT2D eigenvalue weighted by Gasteiger charge is 2.39. The Balaban J connectivity index is 1.22. The fourth-order valence-electron chi connectivity index (χ4n) is 5.95. The van der Waals surface area contributed by atoms with E-state index in [-0.39, 0.29) is 67.7 Å². The van der Waals surface area contributed by atoms with Crippen LogP contribution in [0.1, 0.15) is 26.3 Å². The van der Waals surface area contributed by atoms with Crippen molar-refractivity contribution in [2.24, 2.45) is 0 Å². The number of nitrogens with one attached hydrogen (secondary N) is 1. The van der Waals surface area contributed by atoms with E-state index in [1.54, 1.807) is 30.2 Å². The molecule has 0 radical (unpaired) electrons. The third-order valence-corrected chi connectivity index (χ3v) is 8.27. The predicted octanol–water partition coefficient (Wildman–Crippen LogP) is 1.97. The van der Waals surface area contributed by atoms with Gasteiger partial charge in [-0.05, 0) is 42.0 Å². The van der Waals surface area contributed by atoms with E-state index in [0.29, 0.717) is 19.6 Å². The Labute approximate surface area is 254 Å². The number of hydrogen-bond acceptors (Lipinski definition) is 8. The largest absolute Gasteiger partial charge is 0.497 e. The van der Waals surface area contributed by atoms with Crippen LogP contribution in [0, 0.1) is 5.82 Å². The van der Waals surface area contributed by atoms with E-state index < -0.39 is 23.9 Å². The summed E-state index contributed by atoms with van der Waals surface area (Å²) in [5.74, 6) is -0.785. The fourth-order valence-corrected chi connectivity index (χ4v) is 5.95. The number of fused-ring (bicyclic) bond motifs is 3. The zero-order chi connectivity index (χ0) is 30.6. The van der Waals surface area contributed by atoms with Gasteiger partial charge in [-0.1, -0.05) is 24.3 Å². The van der Waals surface area contributed by atoms with Crippen LogP contribution in [0.25, 0.3) is 0 Å². The van der Waals surface area contributed by atoms with Crippen molar-refractivity contribution < 1.29 is 33.0 Å². The number of halogens is 1. The zero-order valence-corrected chi connectivity index (χ0v) is 24.4. The normalized spacial score (nSPS) is 22.7. The molecule has 4 heterocycles. The number of methoxy groups -OCH3 is 1. The van der Waals surface area contributed by atoms with E-state index >= 15 is 0 Å². The second-order valence-corrected chi connectivity index (χ2v) is 11.1. The molecule has 1 aromatic heterocycles. The minimum Gasteiger partial charge on any atom is -0.497 e. The number of benzene rings is 2. The summed E-state index contributed by atoms with van der Waals surface area (Å²) in [6.07, 6.45) is 1.09. The third-order valence-electron chi connectivity index (χ3n) is 8.27. The minimum absolute atomic E-state index is 0.0212. The van der Waals surface area contributed by atoms with Crippen LogP contribution in [0.2, 0.25) is 0 Å². The summed E-state index contributed by atoms with van der Waals surface area (Å²) in [5, 5.41) is 3.07. The first-order chi connectivity index (χ1) is 21.4. The Hall–Kier alpha value is -4.55. The van der Waals surface area contributed by atoms with Gasteiger partial charge in [-0.3, -0.25) is 19.3 Å². The highest BCUT2D eigenvalue weighted by Crippen LogP contribution is 2.23. The minimum atomic E-state index is -0.605. The van der Waals surface area contributed by atoms with Crippen molar-refractivity contribution in [2.75, 3.05) is 53.0 Å². The molecule has 0 aliphatic carbocycles. The highest BCUT2D eigenvalue weighted by molar-refractivity contribution is 5.96. The molecule has 2 saturated heterocycles. The second kappa shape index (κ2) is 13.0. The number of hydrogen-bond donors (Lipinski definition) is 1. The molecule has 3 atom stereocenters. The maximum atomic E-state index is 14.4. The summed E-state index contributed by atoms with van der Waals surface area (Å²) < 4.78 is 31.9. The number of likely N-dealkylation sites (tertiary alicyclic amines) is 1. The summed E-state index contributed by atoms with van der Waals surface area (Å²) in [7, 11) is 1.62. The number of rotatable bonds is 4. The first-order valence-corrected chi connectivity index (χ1v) is 14.6. The molecule has 0 saturated carbocycles. The molecule has 2 fully saturated rings. The topological polar surface area (TPSA) is 114 Å². The van der Waals surface area contributed by atoms with Crippen LogP contribution in [0.5, 0.6) is 11.6 Å². The summed E-state index contributed by atoms with van der Waals surface area (Å²) in [5.41, 5.74) is 1.30. The van der Waals surface area contributed by atoms with Crippen LogP contribution in [-0.2, 0) is 16.1 Å². The molecule has 230 valence electrons. The van der Waals surface area contributed by atoms with E-state index in [9.17, 15) is 18.8 Å². The maximum Gasteiger partial charge on any atom is 0.257 e. The van der Waals surface area contributed by atoms with Crippen LogP contribution < -0.4 is 14.8 Å². The van der Waals surface area contributed by atoms with Crippen LogP contribution in [0.4, 0.5) is 4.39 Å². The van der Waals surface area contributed by atoms with Gasteiger partial charge in [0.05, 0.1) is 30.9 Å². The van der Waals surface area contributed by atoms with Crippen LogP contribution in [-0.4, -0.2) is 109 Å². The number of piperazine rings is 1. The van der Waals surface area contributed by atoms with E-state index in [2.05, 4.69) is 15.2 Å². The van der Waals surface area contributed by atoms with Gasteiger partial charge in [-0.15, -0.1) is 0 Å². The van der Waals surface area contributed by atoms with Crippen molar-refractivity contribution in [2.45, 2.75) is 24.7 Å². The summed E-state index contributed by atoms with van der Waals surface area (Å²) >= 11 is 0. The van der Waals surface area contributed by atoms with E-state index in [1.807, 2.05) is 24.3 Å². The lowest BCUT2D eigenvalue weighted by atomic mass is 10.1. The molecule has 3 aliphatic rings. The maximum absolute atomic E-state index is 14.4. The van der Waals surface area contributed by atoms with Crippen molar-refractivity contribution >= 4 is 17.7 Å². The van der Waals surface area contributed by atoms with Gasteiger partial charge >= 0.3 is 0 Å². The monoisotopic (exact) mass is 603 g/mol. The molecule has 3 aliphatic heterocycles. The van der Waals surface area contributed by atoms with Crippen LogP contribution in [0.3, 0.4) is 0 Å². The van der Waals surface area contributed by atoms with Crippen LogP contribution in [0.15, 0.2) is 66.9 Å². The van der Waals surface area contributed by atoms with E-state index in [1.165, 1.54) is 29.3 Å². The zero-order valence-electron chi connectivity index (χ0n) is 24.4. The van der Waals surface area contributed by atoms with Crippen molar-refractivity contribution in [1.82, 2.24) is 25.0 Å². The van der Waals surface area contributed by atoms with Gasteiger partial charge in [0.2, 0.25) is 11.8 Å². The Morgan fingerprint density at radius 2 is 1.86 bits per heavy atom. The first-order valence-electron chi connectivity index (χ1n) is 14.6. The standard InChI is InChI=1S/C32H34FN5O6/c1-42-23-10-8-21(9-11-23)15-36-17-27-28(18-36)43-20-29(39)38-14-13-37(32(41)24-5-2-3-7-26(24)33)16-22(38)19-44-31-25(30(40)35-27)6-4-12-34-31/h2-12,22,27-28H,13-20H2,1H3,(H,35,40)/t22-,27+,28-/m0/s1. The van der Waals surface area contributed by atoms with Gasteiger partial charge in [0.25, 0.3) is 11.8 Å². The van der Waals surface area contributed by atoms with Crippen molar-refractivity contribution in [3.05, 3.63) is 89.4 Å². The highest BCUT2D eigenvalue weighted by atomic mass is 19.1. The lowest BCUT2D eigenvalue weighted by Gasteiger charge is -2.41. The SMILES string of the molecule is COc1ccc(CN2C[C@@H]3OCC(=O)N4CCN(C(=O)c5ccccc5F)C[C@H]4COc4ncccc4C(=O)N[C@@H]3C2)cc1. The second-order valence-electron chi connectivity index (χ2n) is 11.1. The average Bonchev–Trinajstić information content (AvgIpc) is 3.42. The lowest BCUT2D eigenvalue weighted by Crippen LogP contribution is -2.59. The van der Waals surface area contributed by atoms with E-state index in [4.69, 9.17) is 14.2 Å². The quantitative estimate of drug-likeness (QED) is 0.482. The van der Waals surface area contributed by atoms with Crippen molar-refractivity contribution in [3.8, 4) is 11.6 Å². The average molecular weight is 604 g/mol. The fraction of sp³-hybridized carbons (Fsp3) is 0.375. The molecule has 44 heavy (non-hydrogen) atoms. The molecular weight excluding hydrogens is 569 g/mol. The molecule has 0 unspecified atom stereocenters. The Bertz CT molecular complexity index is 1520. The number of aromatic nitrogens is 1. The van der Waals surface area contributed by atoms with Gasteiger partial charge in [-0.2, -0.15) is 0 Å². The first kappa shape index (κ1) is 29.5. The van der Waals surface area contributed by atoms with Gasteiger partial charge < -0.3 is 29.3 Å². The number of amides is 3. The molecule has 3 aromatic rings.